The third kappa shape index (κ3) is 6.06. The molecule has 0 spiro atoms. The summed E-state index contributed by atoms with van der Waals surface area (Å²) in [5, 5.41) is 15.7. The molecule has 0 unspecified atom stereocenters. The molecule has 0 aromatic heterocycles. The van der Waals surface area contributed by atoms with Crippen molar-refractivity contribution >= 4 is 12.0 Å². The maximum atomic E-state index is 10.3. The minimum absolute atomic E-state index is 0.0228. The van der Waals surface area contributed by atoms with Gasteiger partial charge < -0.3 is 5.32 Å². The van der Waals surface area contributed by atoms with Crippen molar-refractivity contribution in [1.29, 1.82) is 0 Å². The molecular formula is C12H15N3O4. The summed E-state index contributed by atoms with van der Waals surface area (Å²) in [7, 11) is 0. The normalized spacial score (nSPS) is 9.89. The van der Waals surface area contributed by atoms with E-state index in [0.717, 1.165) is 6.20 Å². The van der Waals surface area contributed by atoms with Crippen LogP contribution in [0.2, 0.25) is 0 Å². The molecule has 7 heteroatoms. The Labute approximate surface area is 110 Å². The Balaban J connectivity index is 0.00000154. The van der Waals surface area contributed by atoms with Crippen molar-refractivity contribution < 1.29 is 9.72 Å². The summed E-state index contributed by atoms with van der Waals surface area (Å²) in [6, 6.07) is 6.63. The molecule has 0 aliphatic heterocycles. The zero-order valence-corrected chi connectivity index (χ0v) is 10.7. The number of rotatable bonds is 6. The largest absolute Gasteiger partial charge is 0.356 e. The van der Waals surface area contributed by atoms with Crippen LogP contribution in [0.5, 0.6) is 0 Å². The molecule has 0 atom stereocenters. The summed E-state index contributed by atoms with van der Waals surface area (Å²) in [4.78, 5) is 29.9. The molecule has 1 aromatic carbocycles. The zero-order chi connectivity index (χ0) is 14.7. The molecule has 0 saturated heterocycles. The van der Waals surface area contributed by atoms with Crippen molar-refractivity contribution in [2.75, 3.05) is 5.32 Å². The van der Waals surface area contributed by atoms with E-state index in [1.165, 1.54) is 0 Å². The smallest absolute Gasteiger partial charge is 0.324 e. The van der Waals surface area contributed by atoms with Crippen molar-refractivity contribution in [1.82, 2.24) is 0 Å². The number of carbonyl (C=O) groups excluding carboxylic acids is 1. The first-order valence-corrected chi connectivity index (χ1v) is 5.61. The molecule has 1 aromatic rings. The predicted molar refractivity (Wildman–Crippen MR) is 72.1 cm³/mol. The first-order chi connectivity index (χ1) is 9.17. The van der Waals surface area contributed by atoms with Gasteiger partial charge in [-0.1, -0.05) is 31.2 Å². The molecule has 1 rings (SSSR count). The molecule has 0 amide bonds. The molecule has 0 aliphatic rings. The van der Waals surface area contributed by atoms with Crippen LogP contribution >= 0.6 is 0 Å². The number of hydrogen-bond acceptors (Lipinski definition) is 6. The number of nitro groups is 1. The van der Waals surface area contributed by atoms with E-state index in [4.69, 9.17) is 0 Å². The van der Waals surface area contributed by atoms with Crippen LogP contribution in [0, 0.1) is 15.0 Å². The second kappa shape index (κ2) is 9.46. The molecule has 19 heavy (non-hydrogen) atoms. The van der Waals surface area contributed by atoms with Crippen LogP contribution in [0.25, 0.3) is 0 Å². The molecule has 0 fully saturated rings. The highest BCUT2D eigenvalue weighted by molar-refractivity contribution is 5.70. The number of nitroso groups, excluding NO2 is 1. The molecule has 1 N–H and O–H groups in total. The van der Waals surface area contributed by atoms with Gasteiger partial charge in [0.25, 0.3) is 0 Å². The summed E-state index contributed by atoms with van der Waals surface area (Å²) in [5.41, 5.74) is 0.628. The van der Waals surface area contributed by atoms with Gasteiger partial charge in [-0.3, -0.25) is 14.9 Å². The Morgan fingerprint density at radius 2 is 2.16 bits per heavy atom. The van der Waals surface area contributed by atoms with Crippen molar-refractivity contribution in [3.8, 4) is 0 Å². The van der Waals surface area contributed by atoms with Gasteiger partial charge in [-0.2, -0.15) is 4.91 Å². The van der Waals surface area contributed by atoms with Gasteiger partial charge in [0.2, 0.25) is 6.29 Å². The number of nitrogens with zero attached hydrogens (tertiary/aromatic N) is 2. The third-order valence-electron chi connectivity index (χ3n) is 1.89. The van der Waals surface area contributed by atoms with Crippen molar-refractivity contribution in [3.63, 3.8) is 0 Å². The van der Waals surface area contributed by atoms with Crippen LogP contribution in [-0.4, -0.2) is 11.2 Å². The quantitative estimate of drug-likeness (QED) is 0.280. The number of benzene rings is 1. The highest BCUT2D eigenvalue weighted by Gasteiger charge is 2.07. The molecule has 0 heterocycles. The van der Waals surface area contributed by atoms with E-state index < -0.39 is 10.6 Å². The van der Waals surface area contributed by atoms with Crippen molar-refractivity contribution in [3.05, 3.63) is 56.7 Å². The van der Waals surface area contributed by atoms with Crippen molar-refractivity contribution in [2.45, 2.75) is 20.4 Å². The maximum Gasteiger partial charge on any atom is 0.324 e. The van der Waals surface area contributed by atoms with Gasteiger partial charge in [0.15, 0.2) is 0 Å². The van der Waals surface area contributed by atoms with Gasteiger partial charge in [0.05, 0.1) is 11.1 Å². The lowest BCUT2D eigenvalue weighted by atomic mass is 10.2. The van der Waals surface area contributed by atoms with E-state index in [-0.39, 0.29) is 12.8 Å². The molecule has 0 bridgehead atoms. The average Bonchev–Trinajstić information content (AvgIpc) is 2.42. The summed E-state index contributed by atoms with van der Waals surface area (Å²) in [6.45, 7) is 4.02. The summed E-state index contributed by atoms with van der Waals surface area (Å²) in [6.07, 6.45) is 1.13. The SMILES string of the molecule is CC.O=C/C(=C/Nc1cccc(CN=O)c1)[N+](=O)[O-]. The summed E-state index contributed by atoms with van der Waals surface area (Å²) >= 11 is 0. The standard InChI is InChI=1S/C10H9N3O4.C2H6/c14-7-10(13(16)17)6-11-9-3-1-2-8(4-9)5-12-15;1-2/h1-4,6-7,11H,5H2;1-2H3/b10-6-;. The van der Waals surface area contributed by atoms with E-state index in [2.05, 4.69) is 10.5 Å². The molecule has 102 valence electrons. The van der Waals surface area contributed by atoms with E-state index in [1.807, 2.05) is 13.8 Å². The lowest BCUT2D eigenvalue weighted by Gasteiger charge is -2.01. The average molecular weight is 265 g/mol. The van der Waals surface area contributed by atoms with E-state index >= 15 is 0 Å². The van der Waals surface area contributed by atoms with E-state index in [9.17, 15) is 19.8 Å². The Kier molecular flexibility index (Phi) is 8.18. The Morgan fingerprint density at radius 3 is 2.68 bits per heavy atom. The second-order valence-electron chi connectivity index (χ2n) is 3.08. The van der Waals surface area contributed by atoms with Gasteiger partial charge in [-0.05, 0) is 17.7 Å². The van der Waals surface area contributed by atoms with Gasteiger partial charge >= 0.3 is 5.70 Å². The zero-order valence-electron chi connectivity index (χ0n) is 10.7. The molecule has 0 aliphatic carbocycles. The number of nitrogens with one attached hydrogen (secondary N) is 1. The minimum atomic E-state index is -0.795. The molecule has 0 radical (unpaired) electrons. The van der Waals surface area contributed by atoms with Crippen LogP contribution in [0.1, 0.15) is 19.4 Å². The number of anilines is 1. The van der Waals surface area contributed by atoms with Crippen molar-refractivity contribution in [2.24, 2.45) is 5.18 Å². The van der Waals surface area contributed by atoms with Crippen LogP contribution < -0.4 is 5.32 Å². The fourth-order valence-corrected chi connectivity index (χ4v) is 1.12. The lowest BCUT2D eigenvalue weighted by molar-refractivity contribution is -0.417. The highest BCUT2D eigenvalue weighted by Crippen LogP contribution is 2.11. The van der Waals surface area contributed by atoms with Crippen LogP contribution in [0.3, 0.4) is 0 Å². The van der Waals surface area contributed by atoms with Gasteiger partial charge in [-0.25, -0.2) is 0 Å². The van der Waals surface area contributed by atoms with E-state index in [0.29, 0.717) is 11.3 Å². The molecular weight excluding hydrogens is 250 g/mol. The van der Waals surface area contributed by atoms with Crippen LogP contribution in [0.15, 0.2) is 41.3 Å². The van der Waals surface area contributed by atoms with Gasteiger partial charge in [-0.15, -0.1) is 0 Å². The first-order valence-electron chi connectivity index (χ1n) is 5.61. The fraction of sp³-hybridized carbons (Fsp3) is 0.250. The minimum Gasteiger partial charge on any atom is -0.356 e. The number of allylic oxidation sites excluding steroid dienone is 1. The molecule has 7 nitrogen and oxygen atoms in total. The van der Waals surface area contributed by atoms with E-state index in [1.54, 1.807) is 24.3 Å². The lowest BCUT2D eigenvalue weighted by Crippen LogP contribution is -2.03. The fourth-order valence-electron chi connectivity index (χ4n) is 1.12. The van der Waals surface area contributed by atoms with Crippen LogP contribution in [0.4, 0.5) is 5.69 Å². The topological polar surface area (TPSA) is 102 Å². The Morgan fingerprint density at radius 1 is 1.47 bits per heavy atom. The number of hydrogen-bond donors (Lipinski definition) is 1. The summed E-state index contributed by atoms with van der Waals surface area (Å²) in [5.74, 6) is 0. The predicted octanol–water partition coefficient (Wildman–Crippen LogP) is 2.71. The molecule has 0 saturated carbocycles. The Bertz CT molecular complexity index is 472. The van der Waals surface area contributed by atoms with Gasteiger partial charge in [0.1, 0.15) is 6.54 Å². The number of aldehydes is 1. The van der Waals surface area contributed by atoms with Gasteiger partial charge in [0, 0.05) is 5.69 Å². The monoisotopic (exact) mass is 265 g/mol. The summed E-state index contributed by atoms with van der Waals surface area (Å²) < 4.78 is 0. The number of carbonyl (C=O) groups is 1. The Hall–Kier alpha value is -2.57. The second-order valence-corrected chi connectivity index (χ2v) is 3.08. The van der Waals surface area contributed by atoms with Crippen LogP contribution in [-0.2, 0) is 11.3 Å². The third-order valence-corrected chi connectivity index (χ3v) is 1.89. The highest BCUT2D eigenvalue weighted by atomic mass is 16.6. The maximum absolute atomic E-state index is 10.3. The first kappa shape index (κ1) is 16.4.